The number of rotatable bonds is 3. The molecule has 0 saturated carbocycles. The second kappa shape index (κ2) is 10.4. The normalized spacial score (nSPS) is 8.73. The molecule has 0 fully saturated rings. The van der Waals surface area contributed by atoms with Crippen LogP contribution in [0.4, 0.5) is 14.1 Å². The van der Waals surface area contributed by atoms with E-state index < -0.39 is 15.3 Å². The predicted molar refractivity (Wildman–Crippen MR) is 48.9 cm³/mol. The van der Waals surface area contributed by atoms with Gasteiger partial charge in [0.25, 0.3) is 0 Å². The first kappa shape index (κ1) is 22.5. The molecule has 0 aromatic rings. The third-order valence-corrected chi connectivity index (χ3v) is 12.7. The van der Waals surface area contributed by atoms with Crippen molar-refractivity contribution >= 4 is 15.3 Å². The molecule has 74 valence electrons. The molecule has 0 amide bonds. The minimum Gasteiger partial charge on any atom is -0.269 e. The van der Waals surface area contributed by atoms with Crippen molar-refractivity contribution in [3.63, 3.8) is 0 Å². The maximum absolute atomic E-state index is 6.10. The van der Waals surface area contributed by atoms with E-state index in [4.69, 9.17) is 4.44 Å². The van der Waals surface area contributed by atoms with E-state index in [9.17, 15) is 0 Å². The number of halogens is 3. The Hall–Kier alpha value is 0.386. The summed E-state index contributed by atoms with van der Waals surface area (Å²) in [5.74, 6) is 0. The van der Waals surface area contributed by atoms with Gasteiger partial charge in [-0.15, -0.1) is 0 Å². The third kappa shape index (κ3) is 8.29. The van der Waals surface area contributed by atoms with Crippen molar-refractivity contribution in [1.29, 1.82) is 0 Å². The number of hydrogen-bond donors (Lipinski definition) is 1. The van der Waals surface area contributed by atoms with Crippen LogP contribution in [0.15, 0.2) is 0 Å². The molecule has 0 spiro atoms. The molecule has 0 aromatic carbocycles. The van der Waals surface area contributed by atoms with E-state index in [1.54, 1.807) is 0 Å². The molecule has 5 heteroatoms. The zero-order valence-corrected chi connectivity index (χ0v) is 9.92. The molecule has 0 unspecified atom stereocenters. The van der Waals surface area contributed by atoms with Gasteiger partial charge < -0.3 is 0 Å². The summed E-state index contributed by atoms with van der Waals surface area (Å²) < 4.78 is 6.10. The van der Waals surface area contributed by atoms with Crippen molar-refractivity contribution in [2.45, 2.75) is 35.7 Å². The number of nitrogens with two attached hydrogens (primary N) is 1. The number of hydrogen-bond acceptors (Lipinski definition) is 1. The molecule has 0 bridgehead atoms. The summed E-state index contributed by atoms with van der Waals surface area (Å²) in [5, 5.41) is 0. The first-order valence-corrected chi connectivity index (χ1v) is 10.2. The summed E-state index contributed by atoms with van der Waals surface area (Å²) in [7, 11) is 0. The van der Waals surface area contributed by atoms with Gasteiger partial charge in [0.15, 0.2) is 0 Å². The zero-order valence-electron chi connectivity index (χ0n) is 7.50. The van der Waals surface area contributed by atoms with E-state index in [2.05, 4.69) is 20.8 Å². The van der Waals surface area contributed by atoms with Crippen LogP contribution >= 0.6 is 0 Å². The summed E-state index contributed by atoms with van der Waals surface area (Å²) in [6, 6.07) is 0. The minimum absolute atomic E-state index is 0. The molecule has 0 radical (unpaired) electrons. The Labute approximate surface area is 70.0 Å². The van der Waals surface area contributed by atoms with Crippen LogP contribution in [-0.4, -0.2) is 15.3 Å². The van der Waals surface area contributed by atoms with Crippen LogP contribution in [0.3, 0.4) is 0 Å². The maximum Gasteiger partial charge on any atom is -0.269 e. The summed E-state index contributed by atoms with van der Waals surface area (Å²) in [6.45, 7) is 6.71. The van der Waals surface area contributed by atoms with Gasteiger partial charge in [-0.2, -0.15) is 0 Å². The Kier molecular flexibility index (Phi) is 21.3. The van der Waals surface area contributed by atoms with Gasteiger partial charge in [-0.25, -0.2) is 0 Å². The molecule has 2 N–H and O–H groups in total. The average molecular weight is 233 g/mol. The van der Waals surface area contributed by atoms with Crippen molar-refractivity contribution in [2.24, 2.45) is 4.44 Å². The molecule has 0 aliphatic heterocycles. The quantitative estimate of drug-likeness (QED) is 0.744. The molecule has 11 heavy (non-hydrogen) atoms. The van der Waals surface area contributed by atoms with Gasteiger partial charge in [-0.3, -0.25) is 14.1 Å². The molecule has 0 rings (SSSR count). The SMILES string of the molecule is C[CH2][Ga-]([NH2])([CH2]C)[CH2]C.F.F.F. The molecule has 1 nitrogen and oxygen atoms in total. The van der Waals surface area contributed by atoms with Gasteiger partial charge in [0.05, 0.1) is 0 Å². The Morgan fingerprint density at radius 2 is 1.00 bits per heavy atom. The van der Waals surface area contributed by atoms with Gasteiger partial charge in [0.2, 0.25) is 0 Å². The van der Waals surface area contributed by atoms with Gasteiger partial charge in [0.1, 0.15) is 0 Å². The van der Waals surface area contributed by atoms with Crippen LogP contribution < -0.4 is 4.44 Å². The van der Waals surface area contributed by atoms with Crippen LogP contribution in [0.1, 0.15) is 20.8 Å². The molecular formula is C6H20F3GaN-. The molecule has 0 atom stereocenters. The van der Waals surface area contributed by atoms with Crippen LogP contribution in [-0.2, 0) is 0 Å². The Bertz CT molecular complexity index is 60.6. The van der Waals surface area contributed by atoms with Crippen LogP contribution in [0.5, 0.6) is 0 Å². The topological polar surface area (TPSA) is 26.0 Å². The smallest absolute Gasteiger partial charge is 0.269 e. The van der Waals surface area contributed by atoms with Gasteiger partial charge in [-0.05, 0) is 0 Å². The van der Waals surface area contributed by atoms with Crippen molar-refractivity contribution < 1.29 is 14.1 Å². The molecule has 0 aliphatic rings. The summed E-state index contributed by atoms with van der Waals surface area (Å²) in [4.78, 5) is 3.90. The van der Waals surface area contributed by atoms with Crippen molar-refractivity contribution in [3.05, 3.63) is 0 Å². The summed E-state index contributed by atoms with van der Waals surface area (Å²) >= 11 is -1.77. The minimum atomic E-state index is -1.77. The molecule has 0 aliphatic carbocycles. The average Bonchev–Trinajstić information content (AvgIpc) is 1.87. The van der Waals surface area contributed by atoms with Crippen molar-refractivity contribution in [3.8, 4) is 0 Å². The third-order valence-electron chi connectivity index (χ3n) is 2.44. The largest absolute Gasteiger partial charge is 0.269 e. The zero-order chi connectivity index (χ0) is 6.62. The van der Waals surface area contributed by atoms with Crippen molar-refractivity contribution in [1.82, 2.24) is 0 Å². The summed E-state index contributed by atoms with van der Waals surface area (Å²) in [5.41, 5.74) is 0. The first-order valence-electron chi connectivity index (χ1n) is 3.68. The Morgan fingerprint density at radius 1 is 0.818 bits per heavy atom. The van der Waals surface area contributed by atoms with E-state index in [0.717, 1.165) is 0 Å². The predicted octanol–water partition coefficient (Wildman–Crippen LogP) is 2.41. The van der Waals surface area contributed by atoms with Gasteiger partial charge in [-0.1, -0.05) is 0 Å². The Balaban J connectivity index is -0.0000000817. The fraction of sp³-hybridized carbons (Fsp3) is 1.00. The van der Waals surface area contributed by atoms with Crippen LogP contribution in [0, 0.1) is 0 Å². The monoisotopic (exact) mass is 232 g/mol. The van der Waals surface area contributed by atoms with Gasteiger partial charge >= 0.3 is 55.4 Å². The van der Waals surface area contributed by atoms with Gasteiger partial charge in [0, 0.05) is 0 Å². The second-order valence-corrected chi connectivity index (χ2v) is 14.5. The standard InChI is InChI=1S/3C2H5.3FH.Ga.H2N/c3*1-2;;;;;/h3*1H2,2H3;3*1H;;1H2/q;;;;;;;-1. The van der Waals surface area contributed by atoms with E-state index in [-0.39, 0.29) is 14.1 Å². The molecule has 0 heterocycles. The van der Waals surface area contributed by atoms with E-state index >= 15 is 0 Å². The Morgan fingerprint density at radius 3 is 1.00 bits per heavy atom. The molecular weight excluding hydrogens is 213 g/mol. The summed E-state index contributed by atoms with van der Waals surface area (Å²) in [6.07, 6.45) is 0. The first-order chi connectivity index (χ1) is 3.68. The fourth-order valence-electron chi connectivity index (χ4n) is 0.866. The maximum atomic E-state index is 6.10. The molecule has 0 aromatic heterocycles. The van der Waals surface area contributed by atoms with Crippen LogP contribution in [0.25, 0.3) is 0 Å². The second-order valence-electron chi connectivity index (χ2n) is 2.80. The van der Waals surface area contributed by atoms with E-state index in [1.807, 2.05) is 0 Å². The fourth-order valence-corrected chi connectivity index (χ4v) is 4.50. The van der Waals surface area contributed by atoms with E-state index in [0.29, 0.717) is 0 Å². The van der Waals surface area contributed by atoms with E-state index in [1.165, 1.54) is 14.9 Å². The van der Waals surface area contributed by atoms with Crippen LogP contribution in [0.2, 0.25) is 14.9 Å². The van der Waals surface area contributed by atoms with Crippen molar-refractivity contribution in [2.75, 3.05) is 0 Å². The molecule has 0 saturated heterocycles.